The van der Waals surface area contributed by atoms with E-state index in [1.807, 2.05) is 6.08 Å². The summed E-state index contributed by atoms with van der Waals surface area (Å²) in [5.41, 5.74) is 3.94. The fourth-order valence-electron chi connectivity index (χ4n) is 1.51. The normalized spacial score (nSPS) is 9.77. The van der Waals surface area contributed by atoms with E-state index in [4.69, 9.17) is 0 Å². The van der Waals surface area contributed by atoms with Gasteiger partial charge in [-0.1, -0.05) is 18.2 Å². The van der Waals surface area contributed by atoms with Crippen molar-refractivity contribution >= 4 is 5.69 Å². The second kappa shape index (κ2) is 4.13. The van der Waals surface area contributed by atoms with E-state index in [-0.39, 0.29) is 0 Å². The molecular formula is C12H17N. The van der Waals surface area contributed by atoms with Crippen molar-refractivity contribution in [2.45, 2.75) is 13.3 Å². The molecule has 0 aliphatic carbocycles. The highest BCUT2D eigenvalue weighted by Crippen LogP contribution is 2.19. The molecule has 0 saturated heterocycles. The first kappa shape index (κ1) is 9.85. The Morgan fingerprint density at radius 1 is 1.38 bits per heavy atom. The lowest BCUT2D eigenvalue weighted by molar-refractivity contribution is 1.11. The molecule has 1 nitrogen and oxygen atoms in total. The number of allylic oxidation sites excluding steroid dienone is 1. The maximum Gasteiger partial charge on any atom is 0.0390 e. The molecule has 0 atom stereocenters. The van der Waals surface area contributed by atoms with Gasteiger partial charge in [0.2, 0.25) is 0 Å². The Kier molecular flexibility index (Phi) is 3.13. The molecule has 0 aliphatic heterocycles. The maximum atomic E-state index is 3.73. The van der Waals surface area contributed by atoms with Crippen molar-refractivity contribution in [2.24, 2.45) is 0 Å². The minimum Gasteiger partial charge on any atom is -0.377 e. The van der Waals surface area contributed by atoms with E-state index >= 15 is 0 Å². The molecule has 0 aliphatic rings. The van der Waals surface area contributed by atoms with Gasteiger partial charge in [0.15, 0.2) is 0 Å². The minimum absolute atomic E-state index is 0.953. The third-order valence-corrected chi connectivity index (χ3v) is 2.12. The van der Waals surface area contributed by atoms with Gasteiger partial charge in [0.25, 0.3) is 0 Å². The van der Waals surface area contributed by atoms with E-state index in [1.54, 1.807) is 0 Å². The largest absolute Gasteiger partial charge is 0.377 e. The van der Waals surface area contributed by atoms with E-state index in [9.17, 15) is 0 Å². The zero-order valence-corrected chi connectivity index (χ0v) is 8.67. The predicted octanol–water partition coefficient (Wildman–Crippen LogP) is 2.79. The molecule has 13 heavy (non-hydrogen) atoms. The molecule has 0 amide bonds. The Labute approximate surface area is 80.7 Å². The van der Waals surface area contributed by atoms with Gasteiger partial charge < -0.3 is 4.90 Å². The van der Waals surface area contributed by atoms with Gasteiger partial charge in [0, 0.05) is 19.8 Å². The summed E-state index contributed by atoms with van der Waals surface area (Å²) in [5, 5.41) is 0. The first-order chi connectivity index (χ1) is 6.15. The van der Waals surface area contributed by atoms with Crippen LogP contribution >= 0.6 is 0 Å². The molecule has 0 unspecified atom stereocenters. The molecule has 0 spiro atoms. The fourth-order valence-corrected chi connectivity index (χ4v) is 1.51. The molecular weight excluding hydrogens is 158 g/mol. The minimum atomic E-state index is 0.953. The van der Waals surface area contributed by atoms with Crippen LogP contribution in [0.3, 0.4) is 0 Å². The Hall–Kier alpha value is -1.24. The molecule has 0 radical (unpaired) electrons. The quantitative estimate of drug-likeness (QED) is 0.638. The highest BCUT2D eigenvalue weighted by atomic mass is 15.1. The summed E-state index contributed by atoms with van der Waals surface area (Å²) < 4.78 is 0. The Morgan fingerprint density at radius 2 is 2.08 bits per heavy atom. The van der Waals surface area contributed by atoms with Crippen LogP contribution in [0, 0.1) is 6.92 Å². The number of nitrogens with zero attached hydrogens (tertiary/aromatic N) is 1. The molecule has 0 fully saturated rings. The van der Waals surface area contributed by atoms with E-state index in [2.05, 4.69) is 50.7 Å². The summed E-state index contributed by atoms with van der Waals surface area (Å²) in [6.45, 7) is 5.87. The summed E-state index contributed by atoms with van der Waals surface area (Å²) in [6, 6.07) is 6.54. The molecule has 0 saturated carbocycles. The lowest BCUT2D eigenvalue weighted by Crippen LogP contribution is -2.10. The molecule has 0 N–H and O–H groups in total. The lowest BCUT2D eigenvalue weighted by Gasteiger charge is -2.16. The van der Waals surface area contributed by atoms with Crippen molar-refractivity contribution in [3.05, 3.63) is 42.0 Å². The summed E-state index contributed by atoms with van der Waals surface area (Å²) in [7, 11) is 4.13. The third kappa shape index (κ3) is 2.35. The summed E-state index contributed by atoms with van der Waals surface area (Å²) >= 11 is 0. The third-order valence-electron chi connectivity index (χ3n) is 2.12. The molecule has 1 aromatic rings. The first-order valence-corrected chi connectivity index (χ1v) is 4.53. The lowest BCUT2D eigenvalue weighted by atomic mass is 10.1. The van der Waals surface area contributed by atoms with Crippen molar-refractivity contribution in [2.75, 3.05) is 19.0 Å². The van der Waals surface area contributed by atoms with Crippen molar-refractivity contribution in [1.29, 1.82) is 0 Å². The highest BCUT2D eigenvalue weighted by molar-refractivity contribution is 5.53. The predicted molar refractivity (Wildman–Crippen MR) is 59.4 cm³/mol. The fraction of sp³-hybridized carbons (Fsp3) is 0.333. The van der Waals surface area contributed by atoms with E-state index < -0.39 is 0 Å². The van der Waals surface area contributed by atoms with Gasteiger partial charge in [-0.05, 0) is 30.5 Å². The van der Waals surface area contributed by atoms with Crippen LogP contribution in [0.5, 0.6) is 0 Å². The molecule has 70 valence electrons. The smallest absolute Gasteiger partial charge is 0.0390 e. The van der Waals surface area contributed by atoms with Crippen LogP contribution in [0.4, 0.5) is 5.69 Å². The molecule has 0 aromatic heterocycles. The number of hydrogen-bond acceptors (Lipinski definition) is 1. The molecule has 0 heterocycles. The Morgan fingerprint density at radius 3 is 2.54 bits per heavy atom. The van der Waals surface area contributed by atoms with Gasteiger partial charge >= 0.3 is 0 Å². The topological polar surface area (TPSA) is 3.24 Å². The van der Waals surface area contributed by atoms with Crippen molar-refractivity contribution in [1.82, 2.24) is 0 Å². The van der Waals surface area contributed by atoms with Gasteiger partial charge in [-0.15, -0.1) is 6.58 Å². The number of aryl methyl sites for hydroxylation is 1. The molecule has 1 heteroatoms. The zero-order chi connectivity index (χ0) is 9.84. The number of hydrogen-bond donors (Lipinski definition) is 0. The molecule has 1 aromatic carbocycles. The van der Waals surface area contributed by atoms with Gasteiger partial charge in [-0.3, -0.25) is 0 Å². The van der Waals surface area contributed by atoms with Crippen LogP contribution in [0.1, 0.15) is 11.1 Å². The molecule has 1 rings (SSSR count). The molecule has 0 bridgehead atoms. The van der Waals surface area contributed by atoms with Gasteiger partial charge in [0.1, 0.15) is 0 Å². The average Bonchev–Trinajstić information content (AvgIpc) is 2.04. The number of rotatable bonds is 3. The van der Waals surface area contributed by atoms with E-state index in [1.165, 1.54) is 16.8 Å². The number of benzene rings is 1. The van der Waals surface area contributed by atoms with Crippen molar-refractivity contribution in [3.63, 3.8) is 0 Å². The van der Waals surface area contributed by atoms with Gasteiger partial charge in [-0.2, -0.15) is 0 Å². The Balaban J connectivity index is 2.98. The zero-order valence-electron chi connectivity index (χ0n) is 8.67. The maximum absolute atomic E-state index is 3.73. The standard InChI is InChI=1S/C12H17N/c1-5-6-11-7-8-12(13(3)4)10(2)9-11/h5,7-9H,1,6H2,2-4H3. The van der Waals surface area contributed by atoms with Gasteiger partial charge in [0.05, 0.1) is 0 Å². The highest BCUT2D eigenvalue weighted by Gasteiger charge is 2.00. The Bertz CT molecular complexity index is 300. The second-order valence-electron chi connectivity index (χ2n) is 3.51. The average molecular weight is 175 g/mol. The summed E-state index contributed by atoms with van der Waals surface area (Å²) in [5.74, 6) is 0. The second-order valence-corrected chi connectivity index (χ2v) is 3.51. The summed E-state index contributed by atoms with van der Waals surface area (Å²) in [6.07, 6.45) is 2.89. The van der Waals surface area contributed by atoms with Crippen LogP contribution in [0.15, 0.2) is 30.9 Å². The van der Waals surface area contributed by atoms with Crippen LogP contribution < -0.4 is 4.90 Å². The van der Waals surface area contributed by atoms with Crippen molar-refractivity contribution in [3.8, 4) is 0 Å². The van der Waals surface area contributed by atoms with E-state index in [0.29, 0.717) is 0 Å². The van der Waals surface area contributed by atoms with E-state index in [0.717, 1.165) is 6.42 Å². The SMILES string of the molecule is C=CCc1ccc(N(C)C)c(C)c1. The van der Waals surface area contributed by atoms with Crippen molar-refractivity contribution < 1.29 is 0 Å². The monoisotopic (exact) mass is 175 g/mol. The number of anilines is 1. The van der Waals surface area contributed by atoms with Crippen LogP contribution in [-0.2, 0) is 6.42 Å². The van der Waals surface area contributed by atoms with Crippen LogP contribution in [0.25, 0.3) is 0 Å². The van der Waals surface area contributed by atoms with Crippen LogP contribution in [0.2, 0.25) is 0 Å². The van der Waals surface area contributed by atoms with Crippen LogP contribution in [-0.4, -0.2) is 14.1 Å². The van der Waals surface area contributed by atoms with Gasteiger partial charge in [-0.25, -0.2) is 0 Å². The first-order valence-electron chi connectivity index (χ1n) is 4.53. The summed E-state index contributed by atoms with van der Waals surface area (Å²) in [4.78, 5) is 2.13.